The van der Waals surface area contributed by atoms with Gasteiger partial charge >= 0.3 is 0 Å². The molecule has 0 aromatic rings. The summed E-state index contributed by atoms with van der Waals surface area (Å²) >= 11 is 0. The van der Waals surface area contributed by atoms with Crippen LogP contribution in [0.3, 0.4) is 0 Å². The highest BCUT2D eigenvalue weighted by Crippen LogP contribution is 2.66. The van der Waals surface area contributed by atoms with Crippen LogP contribution >= 0.6 is 0 Å². The van der Waals surface area contributed by atoms with Crippen LogP contribution in [0.25, 0.3) is 0 Å². The van der Waals surface area contributed by atoms with Gasteiger partial charge in [0.25, 0.3) is 0 Å². The summed E-state index contributed by atoms with van der Waals surface area (Å²) in [4.78, 5) is 0. The van der Waals surface area contributed by atoms with Gasteiger partial charge in [0.15, 0.2) is 8.32 Å². The first-order chi connectivity index (χ1) is 13.8. The van der Waals surface area contributed by atoms with Gasteiger partial charge in [-0.25, -0.2) is 0 Å². The van der Waals surface area contributed by atoms with Gasteiger partial charge in [0, 0.05) is 6.10 Å². The largest absolute Gasteiger partial charge is 0.414 e. The van der Waals surface area contributed by atoms with Gasteiger partial charge in [0.05, 0.1) is 6.10 Å². The predicted octanol–water partition coefficient (Wildman–Crippen LogP) is 7.26. The third kappa shape index (κ3) is 3.33. The highest BCUT2D eigenvalue weighted by Gasteiger charge is 2.59. The fourth-order valence-corrected chi connectivity index (χ4v) is 9.09. The summed E-state index contributed by atoms with van der Waals surface area (Å²) in [6.45, 7) is 19.0. The SMILES string of the molecule is CC=C1C(O)CC2C3CC=C4C[C@@H](O[Si](C)(C)C(C)(C)C)CC[C@]4(C)C3CC[C@]12C. The van der Waals surface area contributed by atoms with Gasteiger partial charge < -0.3 is 9.53 Å². The van der Waals surface area contributed by atoms with Gasteiger partial charge in [0.2, 0.25) is 0 Å². The quantitative estimate of drug-likeness (QED) is 0.369. The minimum atomic E-state index is -1.72. The molecule has 4 aliphatic carbocycles. The van der Waals surface area contributed by atoms with Crippen LogP contribution in [0.1, 0.15) is 86.5 Å². The van der Waals surface area contributed by atoms with E-state index in [2.05, 4.69) is 66.8 Å². The second-order valence-electron chi connectivity index (χ2n) is 13.0. The lowest BCUT2D eigenvalue weighted by molar-refractivity contribution is -0.0264. The summed E-state index contributed by atoms with van der Waals surface area (Å²) in [5.74, 6) is 2.17. The number of fused-ring (bicyclic) bond motifs is 5. The van der Waals surface area contributed by atoms with E-state index in [1.54, 1.807) is 5.57 Å². The summed E-state index contributed by atoms with van der Waals surface area (Å²) < 4.78 is 6.86. The Bertz CT molecular complexity index is 744. The van der Waals surface area contributed by atoms with Crippen molar-refractivity contribution < 1.29 is 9.53 Å². The lowest BCUT2D eigenvalue weighted by Crippen LogP contribution is -2.51. The maximum absolute atomic E-state index is 10.8. The highest BCUT2D eigenvalue weighted by atomic mass is 28.4. The zero-order valence-electron chi connectivity index (χ0n) is 20.8. The Kier molecular flexibility index (Phi) is 5.56. The first kappa shape index (κ1) is 22.8. The zero-order valence-corrected chi connectivity index (χ0v) is 21.8. The third-order valence-electron chi connectivity index (χ3n) is 10.5. The summed E-state index contributed by atoms with van der Waals surface area (Å²) in [5, 5.41) is 11.1. The van der Waals surface area contributed by atoms with Gasteiger partial charge in [0.1, 0.15) is 0 Å². The normalized spacial score (nSPS) is 45.6. The molecule has 0 aromatic heterocycles. The van der Waals surface area contributed by atoms with Crippen molar-refractivity contribution >= 4 is 8.32 Å². The molecule has 3 saturated carbocycles. The molecule has 0 aliphatic heterocycles. The van der Waals surface area contributed by atoms with Crippen LogP contribution in [0.4, 0.5) is 0 Å². The highest BCUT2D eigenvalue weighted by molar-refractivity contribution is 6.74. The van der Waals surface area contributed by atoms with E-state index in [-0.39, 0.29) is 16.6 Å². The van der Waals surface area contributed by atoms with E-state index in [0.717, 1.165) is 24.7 Å². The van der Waals surface area contributed by atoms with E-state index >= 15 is 0 Å². The Hall–Kier alpha value is -0.383. The van der Waals surface area contributed by atoms with Crippen LogP contribution in [-0.2, 0) is 4.43 Å². The topological polar surface area (TPSA) is 29.5 Å². The summed E-state index contributed by atoms with van der Waals surface area (Å²) in [6.07, 6.45) is 13.5. The zero-order chi connectivity index (χ0) is 22.1. The second-order valence-corrected chi connectivity index (χ2v) is 17.7. The number of hydrogen-bond acceptors (Lipinski definition) is 2. The van der Waals surface area contributed by atoms with Crippen molar-refractivity contribution in [2.75, 3.05) is 0 Å². The Morgan fingerprint density at radius 2 is 1.77 bits per heavy atom. The van der Waals surface area contributed by atoms with Crippen molar-refractivity contribution in [2.45, 2.75) is 117 Å². The van der Waals surface area contributed by atoms with Crippen molar-refractivity contribution in [1.29, 1.82) is 0 Å². The van der Waals surface area contributed by atoms with Gasteiger partial charge in [-0.1, -0.05) is 52.3 Å². The number of rotatable bonds is 2. The molecular formula is C27H46O2Si. The summed E-state index contributed by atoms with van der Waals surface area (Å²) in [7, 11) is -1.72. The van der Waals surface area contributed by atoms with E-state index in [1.165, 1.54) is 37.7 Å². The predicted molar refractivity (Wildman–Crippen MR) is 129 cm³/mol. The monoisotopic (exact) mass is 430 g/mol. The average molecular weight is 431 g/mol. The first-order valence-corrected chi connectivity index (χ1v) is 15.5. The maximum atomic E-state index is 10.8. The van der Waals surface area contributed by atoms with Crippen molar-refractivity contribution in [3.05, 3.63) is 23.3 Å². The van der Waals surface area contributed by atoms with Gasteiger partial charge in [-0.3, -0.25) is 0 Å². The van der Waals surface area contributed by atoms with Crippen LogP contribution in [-0.4, -0.2) is 25.6 Å². The smallest absolute Gasteiger partial charge is 0.192 e. The standard InChI is InChI=1S/C27H46O2Si/c1-9-21-24(28)17-23-20-11-10-18-16-19(29-30(7,8)25(2,3)4)12-14-26(18,5)22(20)13-15-27(21,23)6/h9-10,19-20,22-24,28H,11-17H2,1-8H3/t19-,20?,22?,23?,24?,26-,27+/m0/s1. The molecule has 0 spiro atoms. The van der Waals surface area contributed by atoms with Gasteiger partial charge in [-0.15, -0.1) is 0 Å². The van der Waals surface area contributed by atoms with E-state index in [0.29, 0.717) is 17.4 Å². The van der Waals surface area contributed by atoms with Crippen LogP contribution < -0.4 is 0 Å². The first-order valence-electron chi connectivity index (χ1n) is 12.6. The average Bonchev–Trinajstić information content (AvgIpc) is 2.90. The minimum absolute atomic E-state index is 0.212. The lowest BCUT2D eigenvalue weighted by atomic mass is 9.48. The van der Waals surface area contributed by atoms with Gasteiger partial charge in [-0.2, -0.15) is 0 Å². The van der Waals surface area contributed by atoms with Crippen LogP contribution in [0.2, 0.25) is 18.1 Å². The molecule has 0 heterocycles. The molecule has 3 fully saturated rings. The molecule has 2 nitrogen and oxygen atoms in total. The van der Waals surface area contributed by atoms with Crippen LogP contribution in [0, 0.1) is 28.6 Å². The molecule has 4 rings (SSSR count). The molecule has 4 aliphatic rings. The second kappa shape index (κ2) is 7.32. The number of hydrogen-bond donors (Lipinski definition) is 1. The van der Waals surface area contributed by atoms with Crippen molar-refractivity contribution in [3.63, 3.8) is 0 Å². The molecule has 7 atom stereocenters. The van der Waals surface area contributed by atoms with Crippen molar-refractivity contribution in [1.82, 2.24) is 0 Å². The van der Waals surface area contributed by atoms with E-state index in [1.807, 2.05) is 0 Å². The molecule has 0 saturated heterocycles. The van der Waals surface area contributed by atoms with E-state index < -0.39 is 8.32 Å². The molecule has 30 heavy (non-hydrogen) atoms. The number of aliphatic hydroxyl groups is 1. The number of allylic oxidation sites excluding steroid dienone is 2. The Morgan fingerprint density at radius 3 is 2.40 bits per heavy atom. The van der Waals surface area contributed by atoms with Crippen LogP contribution in [0.15, 0.2) is 23.3 Å². The Morgan fingerprint density at radius 1 is 1.10 bits per heavy atom. The Balaban J connectivity index is 1.55. The molecule has 1 N–H and O–H groups in total. The molecule has 170 valence electrons. The molecule has 0 bridgehead atoms. The fraction of sp³-hybridized carbons (Fsp3) is 0.852. The van der Waals surface area contributed by atoms with Crippen LogP contribution in [0.5, 0.6) is 0 Å². The molecule has 4 unspecified atom stereocenters. The molecule has 0 radical (unpaired) electrons. The van der Waals surface area contributed by atoms with E-state index in [9.17, 15) is 5.11 Å². The minimum Gasteiger partial charge on any atom is -0.414 e. The van der Waals surface area contributed by atoms with Crippen molar-refractivity contribution in [3.8, 4) is 0 Å². The molecule has 0 aromatic carbocycles. The lowest BCUT2D eigenvalue weighted by Gasteiger charge is -2.58. The number of aliphatic hydroxyl groups excluding tert-OH is 1. The maximum Gasteiger partial charge on any atom is 0.192 e. The van der Waals surface area contributed by atoms with E-state index in [4.69, 9.17) is 4.43 Å². The molecule has 3 heteroatoms. The summed E-state index contributed by atoms with van der Waals surface area (Å²) in [6, 6.07) is 0. The molecule has 0 amide bonds. The molecular weight excluding hydrogens is 384 g/mol. The van der Waals surface area contributed by atoms with Gasteiger partial charge in [-0.05, 0) is 104 Å². The summed E-state index contributed by atoms with van der Waals surface area (Å²) in [5.41, 5.74) is 3.60. The Labute approximate surface area is 186 Å². The fourth-order valence-electron chi connectivity index (χ4n) is 7.71. The van der Waals surface area contributed by atoms with Crippen molar-refractivity contribution in [2.24, 2.45) is 28.6 Å². The third-order valence-corrected chi connectivity index (χ3v) is 15.1.